The van der Waals surface area contributed by atoms with Crippen LogP contribution in [-0.2, 0) is 10.9 Å². The molecule has 0 saturated carbocycles. The predicted octanol–water partition coefficient (Wildman–Crippen LogP) is 8.98. The number of nitrogens with zero attached hydrogens (tertiary/aromatic N) is 2. The third-order valence-electron chi connectivity index (χ3n) is 6.70. The van der Waals surface area contributed by atoms with Crippen LogP contribution in [0.3, 0.4) is 0 Å². The van der Waals surface area contributed by atoms with E-state index in [1.807, 2.05) is 0 Å². The van der Waals surface area contributed by atoms with E-state index in [4.69, 9.17) is 4.74 Å². The Hall–Kier alpha value is -4.53. The highest BCUT2D eigenvalue weighted by atomic mass is 19.4. The van der Waals surface area contributed by atoms with Crippen molar-refractivity contribution < 1.29 is 31.1 Å². The van der Waals surface area contributed by atoms with Crippen LogP contribution in [0.2, 0.25) is 0 Å². The zero-order valence-corrected chi connectivity index (χ0v) is 21.1. The minimum absolute atomic E-state index is 0.00925. The number of hydrogen-bond donors (Lipinski definition) is 0. The Kier molecular flexibility index (Phi) is 7.14. The fourth-order valence-corrected chi connectivity index (χ4v) is 4.68. The SMILES string of the molecule is C=C(CC1c2cccc(F)c2N=C(c2ccc(-c3ccc(F)cc3)cc2)N1c1cc(C(F)(F)F)ccc1F)OC. The molecule has 0 aliphatic carbocycles. The number of anilines is 1. The van der Waals surface area contributed by atoms with E-state index in [2.05, 4.69) is 11.6 Å². The normalized spacial score (nSPS) is 14.9. The van der Waals surface area contributed by atoms with E-state index in [9.17, 15) is 17.6 Å². The standard InChI is InChI=1S/C31H22F6N2O/c1-18(40-2)16-27-24-4-3-5-26(34)29(24)38-30(39(27)28-17-22(31(35,36)37)12-15-25(28)33)21-8-6-19(7-9-21)20-10-13-23(32)14-11-20/h3-15,17,27H,1,16H2,2H3. The van der Waals surface area contributed by atoms with Crippen molar-refractivity contribution in [2.75, 3.05) is 12.0 Å². The van der Waals surface area contributed by atoms with Gasteiger partial charge in [0, 0.05) is 17.5 Å². The molecule has 1 unspecified atom stereocenters. The molecule has 0 amide bonds. The smallest absolute Gasteiger partial charge is 0.416 e. The Balaban J connectivity index is 1.72. The van der Waals surface area contributed by atoms with E-state index in [1.165, 1.54) is 36.3 Å². The van der Waals surface area contributed by atoms with E-state index in [-0.39, 0.29) is 35.2 Å². The first-order chi connectivity index (χ1) is 19.1. The first-order valence-electron chi connectivity index (χ1n) is 12.2. The van der Waals surface area contributed by atoms with Crippen molar-refractivity contribution in [3.8, 4) is 11.1 Å². The second-order valence-corrected chi connectivity index (χ2v) is 9.19. The number of methoxy groups -OCH3 is 1. The summed E-state index contributed by atoms with van der Waals surface area (Å²) in [5.74, 6) is -1.66. The summed E-state index contributed by atoms with van der Waals surface area (Å²) < 4.78 is 90.2. The van der Waals surface area contributed by atoms with Gasteiger partial charge in [0.05, 0.1) is 30.2 Å². The molecule has 1 aliphatic rings. The van der Waals surface area contributed by atoms with E-state index in [0.29, 0.717) is 23.3 Å². The maximum absolute atomic E-state index is 15.4. The molecule has 0 radical (unpaired) electrons. The lowest BCUT2D eigenvalue weighted by Crippen LogP contribution is -2.39. The summed E-state index contributed by atoms with van der Waals surface area (Å²) in [5, 5.41) is 0. The summed E-state index contributed by atoms with van der Waals surface area (Å²) in [6.45, 7) is 3.84. The Labute approximate surface area is 226 Å². The van der Waals surface area contributed by atoms with Gasteiger partial charge in [-0.15, -0.1) is 0 Å². The van der Waals surface area contributed by atoms with Crippen LogP contribution in [0.25, 0.3) is 11.1 Å². The topological polar surface area (TPSA) is 24.8 Å². The van der Waals surface area contributed by atoms with Crippen LogP contribution >= 0.6 is 0 Å². The predicted molar refractivity (Wildman–Crippen MR) is 142 cm³/mol. The molecule has 1 heterocycles. The van der Waals surface area contributed by atoms with Crippen LogP contribution in [0.15, 0.2) is 102 Å². The second kappa shape index (κ2) is 10.6. The molecule has 9 heteroatoms. The lowest BCUT2D eigenvalue weighted by molar-refractivity contribution is -0.137. The molecule has 3 nitrogen and oxygen atoms in total. The van der Waals surface area contributed by atoms with Crippen molar-refractivity contribution in [2.24, 2.45) is 4.99 Å². The molecule has 4 aromatic carbocycles. The number of halogens is 6. The molecule has 5 rings (SSSR count). The average Bonchev–Trinajstić information content (AvgIpc) is 2.93. The van der Waals surface area contributed by atoms with Crippen molar-refractivity contribution in [1.82, 2.24) is 0 Å². The number of ether oxygens (including phenoxy) is 1. The molecular weight excluding hydrogens is 530 g/mol. The number of rotatable bonds is 6. The minimum Gasteiger partial charge on any atom is -0.502 e. The molecule has 0 fully saturated rings. The molecule has 4 aromatic rings. The first-order valence-corrected chi connectivity index (χ1v) is 12.2. The van der Waals surface area contributed by atoms with E-state index < -0.39 is 29.4 Å². The van der Waals surface area contributed by atoms with E-state index in [1.54, 1.807) is 42.5 Å². The van der Waals surface area contributed by atoms with Gasteiger partial charge < -0.3 is 9.64 Å². The van der Waals surface area contributed by atoms with Crippen molar-refractivity contribution >= 4 is 17.2 Å². The fraction of sp³-hybridized carbons (Fsp3) is 0.129. The number of hydrogen-bond acceptors (Lipinski definition) is 3. The van der Waals surface area contributed by atoms with E-state index in [0.717, 1.165) is 17.2 Å². The molecule has 0 bridgehead atoms. The van der Waals surface area contributed by atoms with Gasteiger partial charge in [-0.25, -0.2) is 18.2 Å². The summed E-state index contributed by atoms with van der Waals surface area (Å²) in [5.41, 5.74) is 0.728. The van der Waals surface area contributed by atoms with Crippen LogP contribution in [0.1, 0.15) is 29.2 Å². The zero-order valence-electron chi connectivity index (χ0n) is 21.1. The van der Waals surface area contributed by atoms with Gasteiger partial charge in [0.25, 0.3) is 0 Å². The van der Waals surface area contributed by atoms with Crippen molar-refractivity contribution in [1.29, 1.82) is 0 Å². The van der Waals surface area contributed by atoms with Crippen molar-refractivity contribution in [3.05, 3.63) is 131 Å². The van der Waals surface area contributed by atoms with Gasteiger partial charge in [-0.3, -0.25) is 0 Å². The van der Waals surface area contributed by atoms with Gasteiger partial charge in [0.1, 0.15) is 29.0 Å². The lowest BCUT2D eigenvalue weighted by Gasteiger charge is -2.39. The summed E-state index contributed by atoms with van der Waals surface area (Å²) in [6, 6.07) is 18.0. The Bertz CT molecular complexity index is 1590. The second-order valence-electron chi connectivity index (χ2n) is 9.19. The molecular formula is C31H22F6N2O. The molecule has 0 saturated heterocycles. The van der Waals surface area contributed by atoms with Crippen LogP contribution in [-0.4, -0.2) is 12.9 Å². The molecule has 40 heavy (non-hydrogen) atoms. The van der Waals surface area contributed by atoms with Crippen molar-refractivity contribution in [2.45, 2.75) is 18.6 Å². The van der Waals surface area contributed by atoms with Gasteiger partial charge in [0.2, 0.25) is 0 Å². The van der Waals surface area contributed by atoms with Gasteiger partial charge >= 0.3 is 6.18 Å². The Morgan fingerprint density at radius 3 is 2.10 bits per heavy atom. The van der Waals surface area contributed by atoms with Crippen LogP contribution in [0.4, 0.5) is 37.7 Å². The number of alkyl halides is 3. The largest absolute Gasteiger partial charge is 0.502 e. The van der Waals surface area contributed by atoms with E-state index >= 15 is 8.78 Å². The summed E-state index contributed by atoms with van der Waals surface area (Å²) >= 11 is 0. The number of aliphatic imine (C=N–C) groups is 1. The van der Waals surface area contributed by atoms with Crippen LogP contribution < -0.4 is 4.90 Å². The zero-order chi connectivity index (χ0) is 28.6. The Morgan fingerprint density at radius 2 is 1.48 bits per heavy atom. The third-order valence-corrected chi connectivity index (χ3v) is 6.70. The molecule has 0 N–H and O–H groups in total. The molecule has 1 atom stereocenters. The highest BCUT2D eigenvalue weighted by molar-refractivity contribution is 6.13. The number of amidine groups is 1. The highest BCUT2D eigenvalue weighted by Gasteiger charge is 2.37. The molecule has 0 spiro atoms. The first kappa shape index (κ1) is 27.1. The lowest BCUT2D eigenvalue weighted by atomic mass is 9.94. The van der Waals surface area contributed by atoms with Crippen LogP contribution in [0, 0.1) is 17.5 Å². The summed E-state index contributed by atoms with van der Waals surface area (Å²) in [4.78, 5) is 5.83. The summed E-state index contributed by atoms with van der Waals surface area (Å²) in [7, 11) is 1.38. The number of fused-ring (bicyclic) bond motifs is 1. The quantitative estimate of drug-likeness (QED) is 0.176. The average molecular weight is 553 g/mol. The van der Waals surface area contributed by atoms with Gasteiger partial charge in [-0.2, -0.15) is 13.2 Å². The van der Waals surface area contributed by atoms with Crippen LogP contribution in [0.5, 0.6) is 0 Å². The molecule has 204 valence electrons. The monoisotopic (exact) mass is 552 g/mol. The molecule has 1 aliphatic heterocycles. The Morgan fingerprint density at radius 1 is 0.850 bits per heavy atom. The summed E-state index contributed by atoms with van der Waals surface area (Å²) in [6.07, 6.45) is -4.72. The highest BCUT2D eigenvalue weighted by Crippen LogP contribution is 2.45. The van der Waals surface area contributed by atoms with Gasteiger partial charge in [-0.05, 0) is 47.5 Å². The van der Waals surface area contributed by atoms with Gasteiger partial charge in [-0.1, -0.05) is 55.1 Å². The molecule has 0 aromatic heterocycles. The van der Waals surface area contributed by atoms with Gasteiger partial charge in [0.15, 0.2) is 0 Å². The fourth-order valence-electron chi connectivity index (χ4n) is 4.68. The third kappa shape index (κ3) is 5.19. The minimum atomic E-state index is -4.73. The maximum atomic E-state index is 15.4. The number of benzene rings is 4. The van der Waals surface area contributed by atoms with Crippen molar-refractivity contribution in [3.63, 3.8) is 0 Å². The number of para-hydroxylation sites is 1. The maximum Gasteiger partial charge on any atom is 0.416 e.